The molecule has 5 nitrogen and oxygen atoms in total. The zero-order valence-electron chi connectivity index (χ0n) is 12.5. The number of carbonyl (C=O) groups is 1. The van der Waals surface area contributed by atoms with Gasteiger partial charge in [-0.25, -0.2) is 0 Å². The summed E-state index contributed by atoms with van der Waals surface area (Å²) in [6, 6.07) is 16.8. The molecular formula is C17H19N3O2. The number of amides is 1. The lowest BCUT2D eigenvalue weighted by molar-refractivity contribution is 0.0976. The maximum Gasteiger partial charge on any atom is 0.257 e. The highest BCUT2D eigenvalue weighted by atomic mass is 16.5. The predicted molar refractivity (Wildman–Crippen MR) is 87.1 cm³/mol. The molecule has 0 aliphatic rings. The molecule has 0 aliphatic heterocycles. The number of rotatable bonds is 5. The average Bonchev–Trinajstić information content (AvgIpc) is 2.56. The summed E-state index contributed by atoms with van der Waals surface area (Å²) in [5.74, 6) is 0.529. The van der Waals surface area contributed by atoms with E-state index in [0.717, 1.165) is 6.42 Å². The van der Waals surface area contributed by atoms with Crippen LogP contribution in [-0.4, -0.2) is 25.5 Å². The van der Waals surface area contributed by atoms with E-state index in [2.05, 4.69) is 10.3 Å². The van der Waals surface area contributed by atoms with Crippen molar-refractivity contribution >= 4 is 11.9 Å². The molecule has 0 heterocycles. The normalized spacial score (nSPS) is 11.0. The minimum Gasteiger partial charge on any atom is -0.497 e. The van der Waals surface area contributed by atoms with Crippen molar-refractivity contribution < 1.29 is 9.53 Å². The second-order valence-corrected chi connectivity index (χ2v) is 4.69. The lowest BCUT2D eigenvalue weighted by Crippen LogP contribution is -2.37. The molecule has 0 atom stereocenters. The topological polar surface area (TPSA) is 76.7 Å². The fraction of sp³-hybridized carbons (Fsp3) is 0.176. The van der Waals surface area contributed by atoms with E-state index in [-0.39, 0.29) is 11.9 Å². The number of nitrogens with two attached hydrogens (primary N) is 1. The summed E-state index contributed by atoms with van der Waals surface area (Å²) in [5, 5.41) is 2.57. The summed E-state index contributed by atoms with van der Waals surface area (Å²) < 4.78 is 5.05. The van der Waals surface area contributed by atoms with Crippen molar-refractivity contribution in [2.45, 2.75) is 6.42 Å². The van der Waals surface area contributed by atoms with Gasteiger partial charge in [-0.05, 0) is 36.2 Å². The first-order valence-corrected chi connectivity index (χ1v) is 6.98. The number of hydrogen-bond acceptors (Lipinski definition) is 3. The second kappa shape index (κ2) is 7.83. The van der Waals surface area contributed by atoms with Crippen molar-refractivity contribution in [2.75, 3.05) is 13.7 Å². The van der Waals surface area contributed by atoms with Crippen LogP contribution in [0.25, 0.3) is 0 Å². The second-order valence-electron chi connectivity index (χ2n) is 4.69. The van der Waals surface area contributed by atoms with E-state index < -0.39 is 0 Å². The molecule has 0 aliphatic carbocycles. The minimum atomic E-state index is -0.288. The van der Waals surface area contributed by atoms with Gasteiger partial charge in [0.15, 0.2) is 5.96 Å². The van der Waals surface area contributed by atoms with Gasteiger partial charge in [-0.1, -0.05) is 30.3 Å². The highest BCUT2D eigenvalue weighted by Gasteiger charge is 2.06. The predicted octanol–water partition coefficient (Wildman–Crippen LogP) is 1.98. The number of nitrogens with one attached hydrogen (secondary N) is 1. The summed E-state index contributed by atoms with van der Waals surface area (Å²) >= 11 is 0. The molecule has 3 N–H and O–H groups in total. The smallest absolute Gasteiger partial charge is 0.257 e. The summed E-state index contributed by atoms with van der Waals surface area (Å²) in [6.45, 7) is 0.527. The van der Waals surface area contributed by atoms with Crippen LogP contribution >= 0.6 is 0 Å². The quantitative estimate of drug-likeness (QED) is 0.654. The summed E-state index contributed by atoms with van der Waals surface area (Å²) in [6.07, 6.45) is 0.778. The van der Waals surface area contributed by atoms with E-state index >= 15 is 0 Å². The summed E-state index contributed by atoms with van der Waals surface area (Å²) in [4.78, 5) is 16.1. The molecule has 2 rings (SSSR count). The van der Waals surface area contributed by atoms with Crippen molar-refractivity contribution in [3.8, 4) is 5.75 Å². The third kappa shape index (κ3) is 4.63. The van der Waals surface area contributed by atoms with Crippen LogP contribution in [0.4, 0.5) is 0 Å². The highest BCUT2D eigenvalue weighted by molar-refractivity contribution is 6.05. The standard InChI is InChI=1S/C17H19N3O2/c1-22-15-9-7-14(8-10-15)16(21)20-17(18)19-12-11-13-5-3-2-4-6-13/h2-10H,11-12H2,1H3,(H3,18,19,20,21). The van der Waals surface area contributed by atoms with E-state index in [4.69, 9.17) is 10.5 Å². The molecule has 0 fully saturated rings. The first-order chi connectivity index (χ1) is 10.7. The van der Waals surface area contributed by atoms with Crippen molar-refractivity contribution in [3.05, 3.63) is 65.7 Å². The molecular weight excluding hydrogens is 278 g/mol. The molecule has 2 aromatic carbocycles. The Balaban J connectivity index is 1.85. The van der Waals surface area contributed by atoms with Crippen LogP contribution in [0.1, 0.15) is 15.9 Å². The van der Waals surface area contributed by atoms with E-state index in [1.807, 2.05) is 30.3 Å². The van der Waals surface area contributed by atoms with Gasteiger partial charge in [0.2, 0.25) is 0 Å². The molecule has 0 spiro atoms. The first-order valence-electron chi connectivity index (χ1n) is 6.98. The molecule has 22 heavy (non-hydrogen) atoms. The molecule has 0 aromatic heterocycles. The molecule has 0 saturated heterocycles. The van der Waals surface area contributed by atoms with Gasteiger partial charge in [0, 0.05) is 12.1 Å². The molecule has 0 saturated carbocycles. The van der Waals surface area contributed by atoms with Gasteiger partial charge in [-0.15, -0.1) is 0 Å². The van der Waals surface area contributed by atoms with Crippen molar-refractivity contribution in [3.63, 3.8) is 0 Å². The fourth-order valence-corrected chi connectivity index (χ4v) is 1.92. The number of guanidine groups is 1. The lowest BCUT2D eigenvalue weighted by atomic mass is 10.2. The zero-order chi connectivity index (χ0) is 15.8. The number of ether oxygens (including phenoxy) is 1. The molecule has 0 radical (unpaired) electrons. The Labute approximate surface area is 129 Å². The largest absolute Gasteiger partial charge is 0.497 e. The van der Waals surface area contributed by atoms with Gasteiger partial charge in [0.1, 0.15) is 5.75 Å². The summed E-state index contributed by atoms with van der Waals surface area (Å²) in [5.41, 5.74) is 7.41. The molecule has 2 aromatic rings. The monoisotopic (exact) mass is 297 g/mol. The van der Waals surface area contributed by atoms with E-state index in [9.17, 15) is 4.79 Å². The Morgan fingerprint density at radius 2 is 1.82 bits per heavy atom. The number of hydrogen-bond donors (Lipinski definition) is 2. The number of carbonyl (C=O) groups excluding carboxylic acids is 1. The molecule has 1 amide bonds. The van der Waals surface area contributed by atoms with E-state index in [1.54, 1.807) is 31.4 Å². The van der Waals surface area contributed by atoms with Crippen LogP contribution in [0.5, 0.6) is 5.75 Å². The Morgan fingerprint density at radius 1 is 1.14 bits per heavy atom. The van der Waals surface area contributed by atoms with Crippen molar-refractivity contribution in [1.29, 1.82) is 0 Å². The average molecular weight is 297 g/mol. The number of benzene rings is 2. The third-order valence-corrected chi connectivity index (χ3v) is 3.12. The SMILES string of the molecule is COc1ccc(C(=O)NC(N)=NCCc2ccccc2)cc1. The summed E-state index contributed by atoms with van der Waals surface area (Å²) in [7, 11) is 1.58. The molecule has 114 valence electrons. The van der Waals surface area contributed by atoms with Crippen LogP contribution < -0.4 is 15.8 Å². The highest BCUT2D eigenvalue weighted by Crippen LogP contribution is 2.10. The van der Waals surface area contributed by atoms with Gasteiger partial charge in [-0.3, -0.25) is 15.1 Å². The van der Waals surface area contributed by atoms with Gasteiger partial charge in [-0.2, -0.15) is 0 Å². The third-order valence-electron chi connectivity index (χ3n) is 3.12. The first kappa shape index (κ1) is 15.6. The Hall–Kier alpha value is -2.82. The number of aliphatic imine (C=N–C) groups is 1. The van der Waals surface area contributed by atoms with E-state index in [1.165, 1.54) is 5.56 Å². The van der Waals surface area contributed by atoms with E-state index in [0.29, 0.717) is 17.9 Å². The van der Waals surface area contributed by atoms with Crippen LogP contribution in [0.2, 0.25) is 0 Å². The van der Waals surface area contributed by atoms with Gasteiger partial charge < -0.3 is 10.5 Å². The van der Waals surface area contributed by atoms with Gasteiger partial charge in [0.05, 0.1) is 7.11 Å². The molecule has 0 unspecified atom stereocenters. The van der Waals surface area contributed by atoms with Crippen LogP contribution in [-0.2, 0) is 6.42 Å². The molecule has 0 bridgehead atoms. The van der Waals surface area contributed by atoms with Crippen molar-refractivity contribution in [1.82, 2.24) is 5.32 Å². The lowest BCUT2D eigenvalue weighted by Gasteiger charge is -2.05. The maximum atomic E-state index is 12.0. The van der Waals surface area contributed by atoms with Crippen LogP contribution in [0, 0.1) is 0 Å². The number of nitrogens with zero attached hydrogens (tertiary/aromatic N) is 1. The van der Waals surface area contributed by atoms with Crippen LogP contribution in [0.15, 0.2) is 59.6 Å². The Bertz CT molecular complexity index is 637. The fourth-order valence-electron chi connectivity index (χ4n) is 1.92. The van der Waals surface area contributed by atoms with Crippen LogP contribution in [0.3, 0.4) is 0 Å². The van der Waals surface area contributed by atoms with Gasteiger partial charge >= 0.3 is 0 Å². The molecule has 5 heteroatoms. The maximum absolute atomic E-state index is 12.0. The minimum absolute atomic E-state index is 0.122. The Morgan fingerprint density at radius 3 is 2.45 bits per heavy atom. The Kier molecular flexibility index (Phi) is 5.54. The van der Waals surface area contributed by atoms with Gasteiger partial charge in [0.25, 0.3) is 5.91 Å². The number of methoxy groups -OCH3 is 1. The zero-order valence-corrected chi connectivity index (χ0v) is 12.5. The van der Waals surface area contributed by atoms with Crippen molar-refractivity contribution in [2.24, 2.45) is 10.7 Å².